The third kappa shape index (κ3) is 2.49. The van der Waals surface area contributed by atoms with E-state index in [9.17, 15) is 0 Å². The number of nitriles is 1. The van der Waals surface area contributed by atoms with Crippen LogP contribution in [-0.2, 0) is 20.1 Å². The molecule has 82 valence electrons. The van der Waals surface area contributed by atoms with Crippen molar-refractivity contribution in [1.29, 1.82) is 5.26 Å². The summed E-state index contributed by atoms with van der Waals surface area (Å²) in [5.41, 5.74) is 0.981. The Morgan fingerprint density at radius 3 is 2.94 bits per heavy atom. The molecule has 0 aliphatic heterocycles. The fourth-order valence-corrected chi connectivity index (χ4v) is 1.40. The quantitative estimate of drug-likeness (QED) is 0.833. The van der Waals surface area contributed by atoms with Crippen molar-refractivity contribution in [2.24, 2.45) is 7.05 Å². The van der Waals surface area contributed by atoms with Crippen molar-refractivity contribution < 1.29 is 4.42 Å². The first-order valence-corrected chi connectivity index (χ1v) is 4.96. The van der Waals surface area contributed by atoms with E-state index in [4.69, 9.17) is 9.68 Å². The Bertz CT molecular complexity index is 506. The standard InChI is InChI=1S/C11H12N4O/c1-15-5-4-9(14-15)7-13-8-11-3-2-10(6-12)16-11/h2-5,13H,7-8H2,1H3. The molecule has 0 bridgehead atoms. The topological polar surface area (TPSA) is 66.8 Å². The second-order valence-electron chi connectivity index (χ2n) is 3.46. The van der Waals surface area contributed by atoms with E-state index < -0.39 is 0 Å². The van der Waals surface area contributed by atoms with E-state index >= 15 is 0 Å². The fourth-order valence-electron chi connectivity index (χ4n) is 1.40. The van der Waals surface area contributed by atoms with E-state index in [1.807, 2.05) is 25.4 Å². The third-order valence-electron chi connectivity index (χ3n) is 2.15. The van der Waals surface area contributed by atoms with Crippen LogP contribution in [0.3, 0.4) is 0 Å². The number of furan rings is 1. The molecular weight excluding hydrogens is 204 g/mol. The van der Waals surface area contributed by atoms with Crippen LogP contribution in [0.4, 0.5) is 0 Å². The molecule has 0 fully saturated rings. The van der Waals surface area contributed by atoms with Crippen LogP contribution in [0.1, 0.15) is 17.2 Å². The molecule has 5 nitrogen and oxygen atoms in total. The van der Waals surface area contributed by atoms with Crippen LogP contribution in [0.5, 0.6) is 0 Å². The van der Waals surface area contributed by atoms with Crippen molar-refractivity contribution in [1.82, 2.24) is 15.1 Å². The van der Waals surface area contributed by atoms with Gasteiger partial charge in [0.05, 0.1) is 12.2 Å². The molecule has 2 heterocycles. The van der Waals surface area contributed by atoms with Crippen LogP contribution in [0.15, 0.2) is 28.8 Å². The summed E-state index contributed by atoms with van der Waals surface area (Å²) in [6, 6.07) is 7.36. The lowest BCUT2D eigenvalue weighted by Gasteiger charge is -1.98. The predicted octanol–water partition coefficient (Wildman–Crippen LogP) is 1.17. The molecular formula is C11H12N4O. The van der Waals surface area contributed by atoms with E-state index in [0.717, 1.165) is 11.5 Å². The molecule has 2 aromatic heterocycles. The van der Waals surface area contributed by atoms with Crippen molar-refractivity contribution in [3.05, 3.63) is 41.6 Å². The molecule has 16 heavy (non-hydrogen) atoms. The van der Waals surface area contributed by atoms with Gasteiger partial charge in [-0.1, -0.05) is 0 Å². The van der Waals surface area contributed by atoms with Gasteiger partial charge in [-0.15, -0.1) is 0 Å². The van der Waals surface area contributed by atoms with Crippen LogP contribution in [0.25, 0.3) is 0 Å². The van der Waals surface area contributed by atoms with Crippen molar-refractivity contribution in [2.75, 3.05) is 0 Å². The Morgan fingerprint density at radius 1 is 1.44 bits per heavy atom. The first-order valence-electron chi connectivity index (χ1n) is 4.96. The maximum absolute atomic E-state index is 8.58. The number of nitrogens with zero attached hydrogens (tertiary/aromatic N) is 3. The van der Waals surface area contributed by atoms with Crippen molar-refractivity contribution in [3.8, 4) is 6.07 Å². The number of aryl methyl sites for hydroxylation is 1. The zero-order valence-corrected chi connectivity index (χ0v) is 8.97. The van der Waals surface area contributed by atoms with Gasteiger partial charge in [0.2, 0.25) is 5.76 Å². The van der Waals surface area contributed by atoms with Gasteiger partial charge in [-0.05, 0) is 18.2 Å². The van der Waals surface area contributed by atoms with E-state index in [1.165, 1.54) is 0 Å². The minimum atomic E-state index is 0.342. The molecule has 0 saturated heterocycles. The summed E-state index contributed by atoms with van der Waals surface area (Å²) < 4.78 is 6.99. The lowest BCUT2D eigenvalue weighted by atomic mass is 10.4. The Balaban J connectivity index is 1.82. The zero-order valence-electron chi connectivity index (χ0n) is 8.97. The molecule has 1 N–H and O–H groups in total. The lowest BCUT2D eigenvalue weighted by Crippen LogP contribution is -2.12. The van der Waals surface area contributed by atoms with Gasteiger partial charge >= 0.3 is 0 Å². The Kier molecular flexibility index (Phi) is 3.03. The van der Waals surface area contributed by atoms with E-state index in [-0.39, 0.29) is 0 Å². The third-order valence-corrected chi connectivity index (χ3v) is 2.15. The smallest absolute Gasteiger partial charge is 0.203 e. The summed E-state index contributed by atoms with van der Waals surface area (Å²) in [4.78, 5) is 0. The average Bonchev–Trinajstić information content (AvgIpc) is 2.88. The Hall–Kier alpha value is -2.06. The Morgan fingerprint density at radius 2 is 2.31 bits per heavy atom. The minimum absolute atomic E-state index is 0.342. The summed E-state index contributed by atoms with van der Waals surface area (Å²) in [6.45, 7) is 1.28. The molecule has 2 rings (SSSR count). The van der Waals surface area contributed by atoms with Gasteiger partial charge in [-0.2, -0.15) is 10.4 Å². The second kappa shape index (κ2) is 4.64. The first kappa shape index (κ1) is 10.5. The molecule has 0 spiro atoms. The molecule has 0 radical (unpaired) electrons. The highest BCUT2D eigenvalue weighted by Gasteiger charge is 2.01. The molecule has 0 atom stereocenters. The highest BCUT2D eigenvalue weighted by molar-refractivity contribution is 5.18. The van der Waals surface area contributed by atoms with Crippen LogP contribution in [0, 0.1) is 11.3 Å². The normalized spacial score (nSPS) is 10.2. The molecule has 0 unspecified atom stereocenters. The number of hydrogen-bond acceptors (Lipinski definition) is 4. The van der Waals surface area contributed by atoms with Gasteiger partial charge in [-0.25, -0.2) is 0 Å². The average molecular weight is 216 g/mol. The summed E-state index contributed by atoms with van der Waals surface area (Å²) >= 11 is 0. The fraction of sp³-hybridized carbons (Fsp3) is 0.273. The second-order valence-corrected chi connectivity index (χ2v) is 3.46. The molecule has 0 saturated carbocycles. The van der Waals surface area contributed by atoms with Crippen LogP contribution in [-0.4, -0.2) is 9.78 Å². The number of hydrogen-bond donors (Lipinski definition) is 1. The maximum atomic E-state index is 8.58. The van der Waals surface area contributed by atoms with Gasteiger partial charge < -0.3 is 9.73 Å². The highest BCUT2D eigenvalue weighted by atomic mass is 16.3. The maximum Gasteiger partial charge on any atom is 0.203 e. The summed E-state index contributed by atoms with van der Waals surface area (Å²) in [7, 11) is 1.88. The van der Waals surface area contributed by atoms with E-state index in [1.54, 1.807) is 16.8 Å². The summed E-state index contributed by atoms with van der Waals surface area (Å²) in [6.07, 6.45) is 1.90. The van der Waals surface area contributed by atoms with Crippen molar-refractivity contribution in [3.63, 3.8) is 0 Å². The summed E-state index contributed by atoms with van der Waals surface area (Å²) in [5.74, 6) is 1.10. The molecule has 2 aromatic rings. The van der Waals surface area contributed by atoms with E-state index in [0.29, 0.717) is 18.8 Å². The highest BCUT2D eigenvalue weighted by Crippen LogP contribution is 2.06. The van der Waals surface area contributed by atoms with Crippen LogP contribution < -0.4 is 5.32 Å². The molecule has 0 amide bonds. The summed E-state index contributed by atoms with van der Waals surface area (Å²) in [5, 5.41) is 16.0. The minimum Gasteiger partial charge on any atom is -0.449 e. The van der Waals surface area contributed by atoms with Crippen molar-refractivity contribution in [2.45, 2.75) is 13.1 Å². The molecule has 0 aromatic carbocycles. The number of nitrogens with one attached hydrogen (secondary N) is 1. The first-order chi connectivity index (χ1) is 7.78. The molecule has 0 aliphatic rings. The van der Waals surface area contributed by atoms with Gasteiger partial charge in [0, 0.05) is 19.8 Å². The van der Waals surface area contributed by atoms with E-state index in [2.05, 4.69) is 10.4 Å². The predicted molar refractivity (Wildman–Crippen MR) is 57.2 cm³/mol. The van der Waals surface area contributed by atoms with Gasteiger partial charge in [0.15, 0.2) is 0 Å². The van der Waals surface area contributed by atoms with Crippen molar-refractivity contribution >= 4 is 0 Å². The zero-order chi connectivity index (χ0) is 11.4. The molecule has 0 aliphatic carbocycles. The SMILES string of the molecule is Cn1ccc(CNCc2ccc(C#N)o2)n1. The van der Waals surface area contributed by atoms with Gasteiger partial charge in [-0.3, -0.25) is 4.68 Å². The van der Waals surface area contributed by atoms with Gasteiger partial charge in [0.25, 0.3) is 0 Å². The number of aromatic nitrogens is 2. The number of rotatable bonds is 4. The van der Waals surface area contributed by atoms with Crippen LogP contribution in [0.2, 0.25) is 0 Å². The Labute approximate surface area is 93.3 Å². The largest absolute Gasteiger partial charge is 0.449 e. The monoisotopic (exact) mass is 216 g/mol. The molecule has 5 heteroatoms. The van der Waals surface area contributed by atoms with Gasteiger partial charge in [0.1, 0.15) is 11.8 Å². The lowest BCUT2D eigenvalue weighted by molar-refractivity contribution is 0.472. The van der Waals surface area contributed by atoms with Crippen LogP contribution >= 0.6 is 0 Å².